The Labute approximate surface area is 94.5 Å². The van der Waals surface area contributed by atoms with Crippen LogP contribution in [0.2, 0.25) is 0 Å². The summed E-state index contributed by atoms with van der Waals surface area (Å²) in [6.45, 7) is 3.37. The summed E-state index contributed by atoms with van der Waals surface area (Å²) in [5, 5.41) is 0. The Balaban J connectivity index is 1.79. The fourth-order valence-electron chi connectivity index (χ4n) is 2.50. The van der Waals surface area contributed by atoms with Gasteiger partial charge in [-0.25, -0.2) is 4.98 Å². The topological polar surface area (TPSA) is 59.2 Å². The molecule has 1 amide bonds. The lowest BCUT2D eigenvalue weighted by Crippen LogP contribution is -2.37. The maximum Gasteiger partial charge on any atom is 0.272 e. The van der Waals surface area contributed by atoms with Crippen molar-refractivity contribution in [3.05, 3.63) is 29.6 Å². The zero-order valence-electron chi connectivity index (χ0n) is 9.31. The van der Waals surface area contributed by atoms with Crippen LogP contribution in [0, 0.1) is 12.8 Å². The summed E-state index contributed by atoms with van der Waals surface area (Å²) in [5.74, 6) is 0.530. The Bertz CT molecular complexity index is 459. The van der Waals surface area contributed by atoms with E-state index in [-0.39, 0.29) is 11.4 Å². The minimum atomic E-state index is -0.0838. The molecule has 84 valence electrons. The summed E-state index contributed by atoms with van der Waals surface area (Å²) in [5.41, 5.74) is 7.40. The van der Waals surface area contributed by atoms with Gasteiger partial charge in [-0.3, -0.25) is 4.79 Å². The number of nitrogens with two attached hydrogens (primary N) is 1. The minimum absolute atomic E-state index is 0.0146. The minimum Gasteiger partial charge on any atom is -0.335 e. The van der Waals surface area contributed by atoms with Gasteiger partial charge in [-0.2, -0.15) is 0 Å². The van der Waals surface area contributed by atoms with Crippen molar-refractivity contribution in [2.75, 3.05) is 13.1 Å². The molecule has 1 saturated heterocycles. The van der Waals surface area contributed by atoms with Crippen LogP contribution in [0.25, 0.3) is 0 Å². The van der Waals surface area contributed by atoms with Crippen molar-refractivity contribution in [3.63, 3.8) is 0 Å². The number of nitrogens with zero attached hydrogens (tertiary/aromatic N) is 2. The van der Waals surface area contributed by atoms with Gasteiger partial charge in [0.15, 0.2) is 0 Å². The van der Waals surface area contributed by atoms with Crippen molar-refractivity contribution in [3.8, 4) is 0 Å². The largest absolute Gasteiger partial charge is 0.335 e. The Kier molecular flexibility index (Phi) is 1.86. The summed E-state index contributed by atoms with van der Waals surface area (Å²) in [4.78, 5) is 18.2. The third-order valence-electron chi connectivity index (χ3n) is 3.60. The summed E-state index contributed by atoms with van der Waals surface area (Å²) >= 11 is 0. The highest BCUT2D eigenvalue weighted by atomic mass is 16.2. The number of hydrogen-bond donors (Lipinski definition) is 1. The molecular formula is C12H15N3O. The quantitative estimate of drug-likeness (QED) is 0.748. The van der Waals surface area contributed by atoms with E-state index in [1.54, 1.807) is 6.07 Å². The van der Waals surface area contributed by atoms with Gasteiger partial charge < -0.3 is 10.6 Å². The van der Waals surface area contributed by atoms with Gasteiger partial charge in [0.05, 0.1) is 0 Å². The number of pyridine rings is 1. The molecule has 0 radical (unpaired) electrons. The van der Waals surface area contributed by atoms with E-state index < -0.39 is 0 Å². The fraction of sp³-hybridized carbons (Fsp3) is 0.500. The molecule has 0 unspecified atom stereocenters. The zero-order chi connectivity index (χ0) is 11.3. The van der Waals surface area contributed by atoms with Gasteiger partial charge in [0.1, 0.15) is 5.69 Å². The number of carbonyl (C=O) groups is 1. The number of fused-ring (bicyclic) bond motifs is 1. The van der Waals surface area contributed by atoms with E-state index in [0.717, 1.165) is 18.7 Å². The lowest BCUT2D eigenvalue weighted by atomic mass is 10.2. The Morgan fingerprint density at radius 2 is 2.44 bits per heavy atom. The van der Waals surface area contributed by atoms with Crippen molar-refractivity contribution in [2.24, 2.45) is 11.7 Å². The third-order valence-corrected chi connectivity index (χ3v) is 3.60. The molecule has 1 aliphatic heterocycles. The molecule has 1 aromatic rings. The number of piperidine rings is 1. The highest BCUT2D eigenvalue weighted by molar-refractivity contribution is 5.92. The Hall–Kier alpha value is -1.42. The second-order valence-corrected chi connectivity index (χ2v) is 4.98. The maximum absolute atomic E-state index is 12.1. The molecule has 2 aliphatic rings. The van der Waals surface area contributed by atoms with E-state index in [1.807, 2.05) is 24.0 Å². The molecule has 1 saturated carbocycles. The van der Waals surface area contributed by atoms with Crippen molar-refractivity contribution in [2.45, 2.75) is 18.9 Å². The highest BCUT2D eigenvalue weighted by Crippen LogP contribution is 2.47. The van der Waals surface area contributed by atoms with Gasteiger partial charge in [-0.15, -0.1) is 0 Å². The average Bonchev–Trinajstić information content (AvgIpc) is 2.76. The van der Waals surface area contributed by atoms with Gasteiger partial charge in [-0.1, -0.05) is 6.07 Å². The molecule has 2 N–H and O–H groups in total. The van der Waals surface area contributed by atoms with Crippen LogP contribution in [-0.4, -0.2) is 34.4 Å². The Morgan fingerprint density at radius 3 is 3.06 bits per heavy atom. The third kappa shape index (κ3) is 1.41. The normalized spacial score (nSPS) is 31.4. The van der Waals surface area contributed by atoms with Crippen LogP contribution in [0.1, 0.15) is 22.6 Å². The fourth-order valence-corrected chi connectivity index (χ4v) is 2.50. The van der Waals surface area contributed by atoms with Crippen LogP contribution in [0.5, 0.6) is 0 Å². The molecule has 0 bridgehead atoms. The molecule has 4 nitrogen and oxygen atoms in total. The average molecular weight is 217 g/mol. The first-order chi connectivity index (χ1) is 7.58. The van der Waals surface area contributed by atoms with Crippen LogP contribution in [0.4, 0.5) is 0 Å². The van der Waals surface area contributed by atoms with E-state index in [0.29, 0.717) is 18.2 Å². The highest BCUT2D eigenvalue weighted by Gasteiger charge is 2.58. The number of hydrogen-bond acceptors (Lipinski definition) is 3. The maximum atomic E-state index is 12.1. The van der Waals surface area contributed by atoms with Crippen LogP contribution in [-0.2, 0) is 0 Å². The number of carbonyl (C=O) groups excluding carboxylic acids is 1. The van der Waals surface area contributed by atoms with Crippen LogP contribution >= 0.6 is 0 Å². The van der Waals surface area contributed by atoms with Crippen molar-refractivity contribution in [1.82, 2.24) is 9.88 Å². The van der Waals surface area contributed by atoms with Gasteiger partial charge >= 0.3 is 0 Å². The number of likely N-dealkylation sites (tertiary alicyclic amines) is 1. The van der Waals surface area contributed by atoms with Gasteiger partial charge in [-0.05, 0) is 31.4 Å². The molecule has 4 heteroatoms. The molecule has 2 heterocycles. The van der Waals surface area contributed by atoms with Crippen LogP contribution in [0.3, 0.4) is 0 Å². The summed E-state index contributed by atoms with van der Waals surface area (Å²) in [7, 11) is 0. The first kappa shape index (κ1) is 9.78. The molecule has 2 atom stereocenters. The van der Waals surface area contributed by atoms with E-state index in [4.69, 9.17) is 5.73 Å². The number of aryl methyl sites for hydroxylation is 1. The van der Waals surface area contributed by atoms with E-state index >= 15 is 0 Å². The molecule has 16 heavy (non-hydrogen) atoms. The molecule has 1 aromatic heterocycles. The lowest BCUT2D eigenvalue weighted by molar-refractivity contribution is 0.0766. The number of amides is 1. The van der Waals surface area contributed by atoms with E-state index in [9.17, 15) is 4.79 Å². The molecular weight excluding hydrogens is 202 g/mol. The number of rotatable bonds is 1. The predicted octanol–water partition coefficient (Wildman–Crippen LogP) is 0.563. The number of aromatic nitrogens is 1. The molecule has 1 aliphatic carbocycles. The first-order valence-electron chi connectivity index (χ1n) is 5.60. The molecule has 0 aromatic carbocycles. The SMILES string of the molecule is Cc1cccc(C(=O)N2C[C@@H]3C[C@@]3(N)C2)n1. The summed E-state index contributed by atoms with van der Waals surface area (Å²) < 4.78 is 0. The van der Waals surface area contributed by atoms with Crippen LogP contribution < -0.4 is 5.73 Å². The second-order valence-electron chi connectivity index (χ2n) is 4.98. The molecule has 3 rings (SSSR count). The monoisotopic (exact) mass is 217 g/mol. The smallest absolute Gasteiger partial charge is 0.272 e. The lowest BCUT2D eigenvalue weighted by Gasteiger charge is -2.18. The van der Waals surface area contributed by atoms with E-state index in [2.05, 4.69) is 4.98 Å². The standard InChI is InChI=1S/C12H15N3O/c1-8-3-2-4-10(14-8)11(16)15-6-9-5-12(9,13)7-15/h2-4,9H,5-7,13H2,1H3/t9-,12+/m0/s1. The van der Waals surface area contributed by atoms with Gasteiger partial charge in [0.25, 0.3) is 5.91 Å². The van der Waals surface area contributed by atoms with Gasteiger partial charge in [0, 0.05) is 24.3 Å². The second kappa shape index (κ2) is 3.04. The zero-order valence-corrected chi connectivity index (χ0v) is 9.31. The summed E-state index contributed by atoms with van der Waals surface area (Å²) in [6, 6.07) is 5.52. The van der Waals surface area contributed by atoms with Crippen molar-refractivity contribution >= 4 is 5.91 Å². The molecule has 2 fully saturated rings. The van der Waals surface area contributed by atoms with Crippen molar-refractivity contribution < 1.29 is 4.79 Å². The summed E-state index contributed by atoms with van der Waals surface area (Å²) in [6.07, 6.45) is 1.07. The van der Waals surface area contributed by atoms with E-state index in [1.165, 1.54) is 0 Å². The van der Waals surface area contributed by atoms with Crippen LogP contribution in [0.15, 0.2) is 18.2 Å². The molecule has 0 spiro atoms. The van der Waals surface area contributed by atoms with Gasteiger partial charge in [0.2, 0.25) is 0 Å². The predicted molar refractivity (Wildman–Crippen MR) is 59.9 cm³/mol. The Morgan fingerprint density at radius 1 is 1.62 bits per heavy atom. The first-order valence-corrected chi connectivity index (χ1v) is 5.60. The van der Waals surface area contributed by atoms with Crippen molar-refractivity contribution in [1.29, 1.82) is 0 Å².